The number of halogens is 1. The molecule has 0 saturated carbocycles. The van der Waals surface area contributed by atoms with Crippen molar-refractivity contribution in [3.05, 3.63) is 82.7 Å². The highest BCUT2D eigenvalue weighted by molar-refractivity contribution is 7.90. The van der Waals surface area contributed by atoms with Crippen molar-refractivity contribution in [2.45, 2.75) is 23.4 Å². The SMILES string of the molecule is O=C(NS(=O)(=O)c1ccc(OCC2(F)CCOCC2)c([N+](=O)[O-])c1)c1ccccc1Oc1cnc2[nH]ccc2c1. The van der Waals surface area contributed by atoms with Crippen molar-refractivity contribution in [1.82, 2.24) is 14.7 Å². The van der Waals surface area contributed by atoms with E-state index >= 15 is 0 Å². The largest absolute Gasteiger partial charge is 0.483 e. The zero-order valence-corrected chi connectivity index (χ0v) is 21.6. The first kappa shape index (κ1) is 27.0. The predicted octanol–water partition coefficient (Wildman–Crippen LogP) is 4.28. The number of H-pyrrole nitrogens is 1. The molecule has 2 N–H and O–H groups in total. The lowest BCUT2D eigenvalue weighted by atomic mass is 9.98. The summed E-state index contributed by atoms with van der Waals surface area (Å²) in [4.78, 5) is 30.4. The number of aromatic amines is 1. The number of amides is 1. The Morgan fingerprint density at radius 3 is 2.70 bits per heavy atom. The summed E-state index contributed by atoms with van der Waals surface area (Å²) in [6.07, 6.45) is 3.30. The van der Waals surface area contributed by atoms with Crippen LogP contribution in [0.2, 0.25) is 0 Å². The van der Waals surface area contributed by atoms with Crippen molar-refractivity contribution in [2.24, 2.45) is 0 Å². The maximum absolute atomic E-state index is 14.9. The van der Waals surface area contributed by atoms with Gasteiger partial charge in [0.15, 0.2) is 5.75 Å². The monoisotopic (exact) mass is 570 g/mol. The Morgan fingerprint density at radius 1 is 1.15 bits per heavy atom. The van der Waals surface area contributed by atoms with E-state index in [1.165, 1.54) is 24.4 Å². The first-order chi connectivity index (χ1) is 19.1. The molecule has 0 atom stereocenters. The van der Waals surface area contributed by atoms with Gasteiger partial charge in [-0.25, -0.2) is 22.5 Å². The van der Waals surface area contributed by atoms with E-state index in [4.69, 9.17) is 14.2 Å². The number of benzene rings is 2. The second kappa shape index (κ2) is 10.9. The van der Waals surface area contributed by atoms with Gasteiger partial charge in [0.2, 0.25) is 0 Å². The molecular formula is C26H23FN4O8S. The van der Waals surface area contributed by atoms with Crippen molar-refractivity contribution in [1.29, 1.82) is 0 Å². The van der Waals surface area contributed by atoms with Gasteiger partial charge in [-0.1, -0.05) is 12.1 Å². The number of sulfonamides is 1. The summed E-state index contributed by atoms with van der Waals surface area (Å²) in [7, 11) is -4.56. The molecule has 40 heavy (non-hydrogen) atoms. The molecule has 0 unspecified atom stereocenters. The maximum Gasteiger partial charge on any atom is 0.312 e. The van der Waals surface area contributed by atoms with Crippen LogP contribution in [0.3, 0.4) is 0 Å². The summed E-state index contributed by atoms with van der Waals surface area (Å²) in [6.45, 7) is -0.0541. The minimum absolute atomic E-state index is 0.0647. The van der Waals surface area contributed by atoms with Gasteiger partial charge in [0.1, 0.15) is 29.4 Å². The number of hydrogen-bond acceptors (Lipinski definition) is 9. The van der Waals surface area contributed by atoms with Crippen molar-refractivity contribution < 1.29 is 36.7 Å². The molecule has 1 amide bonds. The zero-order chi connectivity index (χ0) is 28.3. The summed E-state index contributed by atoms with van der Waals surface area (Å²) in [5, 5.41) is 12.4. The van der Waals surface area contributed by atoms with Crippen molar-refractivity contribution >= 4 is 32.7 Å². The minimum atomic E-state index is -4.56. The van der Waals surface area contributed by atoms with Gasteiger partial charge in [0.05, 0.1) is 21.6 Å². The molecule has 2 aromatic heterocycles. The number of rotatable bonds is 9. The van der Waals surface area contributed by atoms with Crippen LogP contribution in [0.5, 0.6) is 17.2 Å². The molecule has 12 nitrogen and oxygen atoms in total. The van der Waals surface area contributed by atoms with Gasteiger partial charge in [0.25, 0.3) is 15.9 Å². The normalized spacial score (nSPS) is 14.9. The molecule has 1 saturated heterocycles. The first-order valence-electron chi connectivity index (χ1n) is 12.1. The highest BCUT2D eigenvalue weighted by Crippen LogP contribution is 2.33. The molecule has 0 spiro atoms. The van der Waals surface area contributed by atoms with E-state index in [0.29, 0.717) is 11.4 Å². The number of para-hydroxylation sites is 1. The van der Waals surface area contributed by atoms with E-state index in [1.54, 1.807) is 24.4 Å². The summed E-state index contributed by atoms with van der Waals surface area (Å²) >= 11 is 0. The Bertz CT molecular complexity index is 1690. The second-order valence-corrected chi connectivity index (χ2v) is 10.7. The third kappa shape index (κ3) is 5.87. The van der Waals surface area contributed by atoms with Gasteiger partial charge in [0, 0.05) is 43.7 Å². The molecule has 0 aliphatic carbocycles. The van der Waals surface area contributed by atoms with E-state index in [9.17, 15) is 27.7 Å². The lowest BCUT2D eigenvalue weighted by Gasteiger charge is -2.29. The average Bonchev–Trinajstić information content (AvgIpc) is 3.40. The van der Waals surface area contributed by atoms with E-state index in [1.807, 2.05) is 4.72 Å². The summed E-state index contributed by atoms with van der Waals surface area (Å²) in [5.74, 6) is -0.939. The van der Waals surface area contributed by atoms with Crippen LogP contribution in [0.25, 0.3) is 11.0 Å². The van der Waals surface area contributed by atoms with Crippen LogP contribution in [0.1, 0.15) is 23.2 Å². The number of pyridine rings is 1. The number of nitro benzene ring substituents is 1. The Morgan fingerprint density at radius 2 is 1.93 bits per heavy atom. The van der Waals surface area contributed by atoms with Gasteiger partial charge in [-0.15, -0.1) is 0 Å². The first-order valence-corrected chi connectivity index (χ1v) is 13.6. The topological polar surface area (TPSA) is 163 Å². The fourth-order valence-electron chi connectivity index (χ4n) is 4.10. The molecule has 1 fully saturated rings. The van der Waals surface area contributed by atoms with Crippen LogP contribution in [-0.4, -0.2) is 54.7 Å². The minimum Gasteiger partial charge on any atom is -0.483 e. The smallest absolute Gasteiger partial charge is 0.312 e. The fourth-order valence-corrected chi connectivity index (χ4v) is 5.09. The van der Waals surface area contributed by atoms with E-state index in [2.05, 4.69) is 9.97 Å². The third-order valence-corrected chi connectivity index (χ3v) is 7.60. The molecule has 4 aromatic rings. The van der Waals surface area contributed by atoms with Crippen LogP contribution < -0.4 is 14.2 Å². The zero-order valence-electron chi connectivity index (χ0n) is 20.8. The Hall–Kier alpha value is -4.56. The van der Waals surface area contributed by atoms with Gasteiger partial charge >= 0.3 is 5.69 Å². The van der Waals surface area contributed by atoms with Crippen LogP contribution in [-0.2, 0) is 14.8 Å². The lowest BCUT2D eigenvalue weighted by Crippen LogP contribution is -2.37. The van der Waals surface area contributed by atoms with Gasteiger partial charge in [-0.2, -0.15) is 0 Å². The molecule has 2 aromatic carbocycles. The molecule has 0 radical (unpaired) electrons. The molecule has 14 heteroatoms. The molecule has 208 valence electrons. The summed E-state index contributed by atoms with van der Waals surface area (Å²) < 4.78 is 59.1. The Balaban J connectivity index is 1.34. The van der Waals surface area contributed by atoms with Crippen LogP contribution >= 0.6 is 0 Å². The predicted molar refractivity (Wildman–Crippen MR) is 140 cm³/mol. The molecule has 3 heterocycles. The van der Waals surface area contributed by atoms with Crippen molar-refractivity contribution in [2.75, 3.05) is 19.8 Å². The highest BCUT2D eigenvalue weighted by Gasteiger charge is 2.34. The summed E-state index contributed by atoms with van der Waals surface area (Å²) in [6, 6.07) is 12.3. The average molecular weight is 571 g/mol. The number of carbonyl (C=O) groups is 1. The second-order valence-electron chi connectivity index (χ2n) is 9.06. The number of fused-ring (bicyclic) bond motifs is 1. The van der Waals surface area contributed by atoms with Gasteiger partial charge in [-0.3, -0.25) is 14.9 Å². The summed E-state index contributed by atoms with van der Waals surface area (Å²) in [5.41, 5.74) is -1.87. The Labute approximate surface area is 227 Å². The highest BCUT2D eigenvalue weighted by atomic mass is 32.2. The van der Waals surface area contributed by atoms with E-state index in [-0.39, 0.29) is 43.1 Å². The van der Waals surface area contributed by atoms with Crippen molar-refractivity contribution in [3.8, 4) is 17.2 Å². The number of nitro groups is 1. The number of nitrogens with one attached hydrogen (secondary N) is 2. The molecule has 0 bridgehead atoms. The van der Waals surface area contributed by atoms with Crippen molar-refractivity contribution in [3.63, 3.8) is 0 Å². The van der Waals surface area contributed by atoms with Gasteiger partial charge in [-0.05, 0) is 36.4 Å². The lowest BCUT2D eigenvalue weighted by molar-refractivity contribution is -0.386. The molecule has 1 aliphatic rings. The standard InChI is InChI=1S/C26H23FN4O8S/c27-26(8-11-37-12-9-26)16-38-23-6-5-19(14-21(23)31(33)34)40(35,36)30-25(32)20-3-1-2-4-22(20)39-18-13-17-7-10-28-24(17)29-15-18/h1-7,10,13-15H,8-9,11-12,16H2,(H,28,29)(H,30,32). The van der Waals surface area contributed by atoms with E-state index in [0.717, 1.165) is 23.6 Å². The number of hydrogen-bond donors (Lipinski definition) is 2. The number of nitrogens with zero attached hydrogens (tertiary/aromatic N) is 2. The number of alkyl halides is 1. The number of ether oxygens (including phenoxy) is 3. The van der Waals surface area contributed by atoms with Crippen LogP contribution in [0.4, 0.5) is 10.1 Å². The number of carbonyl (C=O) groups excluding carboxylic acids is 1. The van der Waals surface area contributed by atoms with E-state index < -0.39 is 43.7 Å². The quantitative estimate of drug-likeness (QED) is 0.221. The van der Waals surface area contributed by atoms with Crippen LogP contribution in [0.15, 0.2) is 71.9 Å². The third-order valence-electron chi connectivity index (χ3n) is 6.27. The molecular weight excluding hydrogens is 547 g/mol. The maximum atomic E-state index is 14.9. The molecule has 5 rings (SSSR count). The number of aromatic nitrogens is 2. The molecule has 1 aliphatic heterocycles. The Kier molecular flexibility index (Phi) is 7.36. The fraction of sp³-hybridized carbons (Fsp3) is 0.231. The van der Waals surface area contributed by atoms with Gasteiger partial charge < -0.3 is 19.2 Å². The van der Waals surface area contributed by atoms with Crippen LogP contribution in [0, 0.1) is 10.1 Å².